The van der Waals surface area contributed by atoms with Crippen molar-refractivity contribution in [3.8, 4) is 0 Å². The quantitative estimate of drug-likeness (QED) is 0.608. The second-order valence-corrected chi connectivity index (χ2v) is 2.28. The van der Waals surface area contributed by atoms with Crippen molar-refractivity contribution in [1.82, 2.24) is 4.98 Å². The zero-order chi connectivity index (χ0) is 7.56. The van der Waals surface area contributed by atoms with Crippen molar-refractivity contribution in [3.05, 3.63) is 23.5 Å². The number of amides is 1. The van der Waals surface area contributed by atoms with E-state index < -0.39 is 0 Å². The van der Waals surface area contributed by atoms with E-state index in [1.165, 1.54) is 0 Å². The van der Waals surface area contributed by atoms with Gasteiger partial charge < -0.3 is 10.7 Å². The fourth-order valence-corrected chi connectivity index (χ4v) is 0.846. The van der Waals surface area contributed by atoms with E-state index in [9.17, 15) is 4.79 Å². The number of carbonyl (C=O) groups excluding carboxylic acids is 1. The van der Waals surface area contributed by atoms with Crippen LogP contribution in [-0.4, -0.2) is 10.9 Å². The monoisotopic (exact) mass is 138 g/mol. The maximum absolute atomic E-state index is 10.4. The minimum Gasteiger partial charge on any atom is -0.369 e. The van der Waals surface area contributed by atoms with Crippen LogP contribution in [0.4, 0.5) is 0 Å². The Kier molecular flexibility index (Phi) is 1.76. The molecular formula is C7H10N2O. The summed E-state index contributed by atoms with van der Waals surface area (Å²) in [5, 5.41) is 0. The molecule has 0 saturated carbocycles. The van der Waals surface area contributed by atoms with Gasteiger partial charge in [0.15, 0.2) is 0 Å². The molecule has 3 heteroatoms. The van der Waals surface area contributed by atoms with Gasteiger partial charge in [-0.05, 0) is 18.6 Å². The number of hydrogen-bond donors (Lipinski definition) is 2. The summed E-state index contributed by atoms with van der Waals surface area (Å²) in [6, 6.07) is 1.91. The molecule has 0 unspecified atom stereocenters. The number of carbonyl (C=O) groups is 1. The first-order valence-corrected chi connectivity index (χ1v) is 3.11. The normalized spacial score (nSPS) is 9.70. The lowest BCUT2D eigenvalue weighted by Crippen LogP contribution is -2.14. The van der Waals surface area contributed by atoms with Gasteiger partial charge in [0.2, 0.25) is 5.91 Å². The number of primary amides is 1. The fraction of sp³-hybridized carbons (Fsp3) is 0.286. The molecule has 0 spiro atoms. The molecule has 3 N–H and O–H groups in total. The number of aryl methyl sites for hydroxylation is 1. The molecule has 1 amide bonds. The molecule has 0 radical (unpaired) electrons. The molecule has 0 aliphatic carbocycles. The van der Waals surface area contributed by atoms with Crippen LogP contribution in [0, 0.1) is 6.92 Å². The smallest absolute Gasteiger partial charge is 0.223 e. The lowest BCUT2D eigenvalue weighted by molar-refractivity contribution is -0.117. The zero-order valence-electron chi connectivity index (χ0n) is 5.85. The Balaban J connectivity index is 2.74. The second kappa shape index (κ2) is 2.56. The minimum absolute atomic E-state index is 0.300. The van der Waals surface area contributed by atoms with E-state index in [1.807, 2.05) is 13.0 Å². The van der Waals surface area contributed by atoms with Gasteiger partial charge in [0.05, 0.1) is 6.42 Å². The molecule has 3 nitrogen and oxygen atoms in total. The summed E-state index contributed by atoms with van der Waals surface area (Å²) >= 11 is 0. The minimum atomic E-state index is -0.300. The fourth-order valence-electron chi connectivity index (χ4n) is 0.846. The third-order valence-corrected chi connectivity index (χ3v) is 1.42. The summed E-state index contributed by atoms with van der Waals surface area (Å²) in [7, 11) is 0. The van der Waals surface area contributed by atoms with Crippen LogP contribution < -0.4 is 5.73 Å². The van der Waals surface area contributed by atoms with E-state index in [4.69, 9.17) is 5.73 Å². The first-order chi connectivity index (χ1) is 4.70. The lowest BCUT2D eigenvalue weighted by Gasteiger charge is -1.93. The van der Waals surface area contributed by atoms with Crippen molar-refractivity contribution in [3.63, 3.8) is 0 Å². The van der Waals surface area contributed by atoms with Crippen molar-refractivity contribution in [2.24, 2.45) is 5.73 Å². The lowest BCUT2D eigenvalue weighted by atomic mass is 10.2. The van der Waals surface area contributed by atoms with Gasteiger partial charge in [0.1, 0.15) is 0 Å². The van der Waals surface area contributed by atoms with Crippen molar-refractivity contribution in [2.45, 2.75) is 13.3 Å². The molecule has 1 rings (SSSR count). The van der Waals surface area contributed by atoms with Crippen LogP contribution in [0.25, 0.3) is 0 Å². The van der Waals surface area contributed by atoms with Crippen molar-refractivity contribution >= 4 is 5.91 Å². The summed E-state index contributed by atoms with van der Waals surface area (Å²) in [4.78, 5) is 13.4. The van der Waals surface area contributed by atoms with Crippen molar-refractivity contribution in [2.75, 3.05) is 0 Å². The number of aromatic nitrogens is 1. The highest BCUT2D eigenvalue weighted by Gasteiger charge is 2.01. The molecule has 0 saturated heterocycles. The molecular weight excluding hydrogens is 128 g/mol. The molecule has 0 aliphatic heterocycles. The topological polar surface area (TPSA) is 58.9 Å². The van der Waals surface area contributed by atoms with Gasteiger partial charge in [-0.1, -0.05) is 0 Å². The zero-order valence-corrected chi connectivity index (χ0v) is 5.85. The van der Waals surface area contributed by atoms with Gasteiger partial charge in [-0.25, -0.2) is 0 Å². The van der Waals surface area contributed by atoms with Gasteiger partial charge >= 0.3 is 0 Å². The number of nitrogens with one attached hydrogen (secondary N) is 1. The van der Waals surface area contributed by atoms with Crippen LogP contribution in [0.2, 0.25) is 0 Å². The van der Waals surface area contributed by atoms with Crippen molar-refractivity contribution < 1.29 is 4.79 Å². The Labute approximate surface area is 59.2 Å². The Morgan fingerprint density at radius 3 is 2.90 bits per heavy atom. The summed E-state index contributed by atoms with van der Waals surface area (Å²) in [5.74, 6) is -0.300. The van der Waals surface area contributed by atoms with E-state index in [1.54, 1.807) is 6.20 Å². The SMILES string of the molecule is Cc1cc[nH]c1CC(N)=O. The molecule has 54 valence electrons. The van der Waals surface area contributed by atoms with Gasteiger partial charge in [0, 0.05) is 11.9 Å². The first-order valence-electron chi connectivity index (χ1n) is 3.11. The van der Waals surface area contributed by atoms with Crippen LogP contribution >= 0.6 is 0 Å². The maximum atomic E-state index is 10.4. The Morgan fingerprint density at radius 1 is 1.80 bits per heavy atom. The first kappa shape index (κ1) is 6.86. The molecule has 1 heterocycles. The van der Waals surface area contributed by atoms with E-state index in [0.29, 0.717) is 6.42 Å². The number of hydrogen-bond acceptors (Lipinski definition) is 1. The molecule has 0 fully saturated rings. The largest absolute Gasteiger partial charge is 0.369 e. The highest BCUT2D eigenvalue weighted by molar-refractivity contribution is 5.76. The average Bonchev–Trinajstić information content (AvgIpc) is 2.15. The predicted octanol–water partition coefficient (Wildman–Crippen LogP) is 0.351. The van der Waals surface area contributed by atoms with Gasteiger partial charge in [0.25, 0.3) is 0 Å². The molecule has 0 bridgehead atoms. The van der Waals surface area contributed by atoms with E-state index in [0.717, 1.165) is 11.3 Å². The molecule has 0 aromatic carbocycles. The number of rotatable bonds is 2. The highest BCUT2D eigenvalue weighted by Crippen LogP contribution is 2.03. The maximum Gasteiger partial charge on any atom is 0.223 e. The average molecular weight is 138 g/mol. The number of H-pyrrole nitrogens is 1. The van der Waals surface area contributed by atoms with Crippen LogP contribution in [0.5, 0.6) is 0 Å². The Morgan fingerprint density at radius 2 is 2.50 bits per heavy atom. The molecule has 10 heavy (non-hydrogen) atoms. The van der Waals surface area contributed by atoms with Crippen LogP contribution in [0.1, 0.15) is 11.3 Å². The van der Waals surface area contributed by atoms with E-state index >= 15 is 0 Å². The summed E-state index contributed by atoms with van der Waals surface area (Å²) in [6.07, 6.45) is 2.10. The molecule has 0 aliphatic rings. The van der Waals surface area contributed by atoms with Gasteiger partial charge in [-0.2, -0.15) is 0 Å². The molecule has 1 aromatic rings. The van der Waals surface area contributed by atoms with Gasteiger partial charge in [-0.15, -0.1) is 0 Å². The third kappa shape index (κ3) is 1.37. The summed E-state index contributed by atoms with van der Waals surface area (Å²) < 4.78 is 0. The standard InChI is InChI=1S/C7H10N2O/c1-5-2-3-9-6(5)4-7(8)10/h2-3,9H,4H2,1H3,(H2,8,10). The van der Waals surface area contributed by atoms with Crippen molar-refractivity contribution in [1.29, 1.82) is 0 Å². The molecule has 1 aromatic heterocycles. The highest BCUT2D eigenvalue weighted by atomic mass is 16.1. The summed E-state index contributed by atoms with van der Waals surface area (Å²) in [6.45, 7) is 1.94. The number of nitrogens with two attached hydrogens (primary N) is 1. The predicted molar refractivity (Wildman–Crippen MR) is 38.4 cm³/mol. The van der Waals surface area contributed by atoms with E-state index in [2.05, 4.69) is 4.98 Å². The van der Waals surface area contributed by atoms with Crippen LogP contribution in [0.3, 0.4) is 0 Å². The Bertz CT molecular complexity index is 240. The van der Waals surface area contributed by atoms with Crippen LogP contribution in [0.15, 0.2) is 12.3 Å². The summed E-state index contributed by atoms with van der Waals surface area (Å²) in [5.41, 5.74) is 6.99. The third-order valence-electron chi connectivity index (χ3n) is 1.42. The van der Waals surface area contributed by atoms with Gasteiger partial charge in [-0.3, -0.25) is 4.79 Å². The second-order valence-electron chi connectivity index (χ2n) is 2.28. The van der Waals surface area contributed by atoms with Crippen LogP contribution in [-0.2, 0) is 11.2 Å². The van der Waals surface area contributed by atoms with E-state index in [-0.39, 0.29) is 5.91 Å². The number of aromatic amines is 1. The molecule has 0 atom stereocenters. The Hall–Kier alpha value is -1.25.